The van der Waals surface area contributed by atoms with E-state index in [1.165, 1.54) is 0 Å². The summed E-state index contributed by atoms with van der Waals surface area (Å²) in [5.41, 5.74) is 1.25. The van der Waals surface area contributed by atoms with Crippen LogP contribution in [-0.4, -0.2) is 52.8 Å². The number of piperidine rings is 1. The van der Waals surface area contributed by atoms with Gasteiger partial charge in [-0.1, -0.05) is 31.0 Å². The van der Waals surface area contributed by atoms with Crippen LogP contribution in [0.2, 0.25) is 0 Å². The van der Waals surface area contributed by atoms with Crippen LogP contribution in [0.25, 0.3) is 10.9 Å². The molecule has 3 amide bonds. The average molecular weight is 422 g/mol. The highest BCUT2D eigenvalue weighted by Gasteiger charge is 2.32. The van der Waals surface area contributed by atoms with Crippen molar-refractivity contribution >= 4 is 28.6 Å². The highest BCUT2D eigenvalue weighted by atomic mass is 16.2. The molecule has 1 aromatic heterocycles. The molecule has 1 aliphatic carbocycles. The summed E-state index contributed by atoms with van der Waals surface area (Å²) in [6, 6.07) is 9.91. The van der Waals surface area contributed by atoms with E-state index in [-0.39, 0.29) is 24.3 Å². The largest absolute Gasteiger partial charge is 0.351 e. The van der Waals surface area contributed by atoms with Crippen molar-refractivity contribution in [1.29, 1.82) is 5.26 Å². The first kappa shape index (κ1) is 20.9. The van der Waals surface area contributed by atoms with Gasteiger partial charge in [0.15, 0.2) is 0 Å². The molecule has 1 aliphatic heterocycles. The number of nitrogens with zero attached hydrogens (tertiary/aromatic N) is 2. The monoisotopic (exact) mass is 421 g/mol. The predicted octanol–water partition coefficient (Wildman–Crippen LogP) is 2.09. The second-order valence-electron chi connectivity index (χ2n) is 8.46. The number of benzene rings is 1. The van der Waals surface area contributed by atoms with E-state index in [0.717, 1.165) is 36.6 Å². The molecule has 0 spiro atoms. The van der Waals surface area contributed by atoms with Crippen LogP contribution in [0.5, 0.6) is 0 Å². The number of carbonyl (C=O) groups is 3. The maximum atomic E-state index is 12.9. The maximum Gasteiger partial charge on any atom is 0.268 e. The standard InChI is InChI=1S/C23H27N5O3/c24-13-17(14-28-10-4-3-7-21(28)29)25-22(30)19(11-15-8-9-15)27-23(31)20-12-16-5-1-2-6-18(16)26-20/h1-2,5-6,12,15,17,19,26H,3-4,7-11,14H2,(H,25,30)(H,27,31)/t17-,19+/m1/s1. The smallest absolute Gasteiger partial charge is 0.268 e. The van der Waals surface area contributed by atoms with Crippen molar-refractivity contribution in [1.82, 2.24) is 20.5 Å². The fraction of sp³-hybridized carbons (Fsp3) is 0.478. The summed E-state index contributed by atoms with van der Waals surface area (Å²) in [4.78, 5) is 42.5. The number of fused-ring (bicyclic) bond motifs is 1. The Labute approximate surface area is 181 Å². The maximum absolute atomic E-state index is 12.9. The fourth-order valence-corrected chi connectivity index (χ4v) is 4.02. The van der Waals surface area contributed by atoms with Gasteiger partial charge in [-0.25, -0.2) is 0 Å². The van der Waals surface area contributed by atoms with Crippen LogP contribution in [0.4, 0.5) is 0 Å². The number of nitriles is 1. The molecule has 3 N–H and O–H groups in total. The Morgan fingerprint density at radius 3 is 2.74 bits per heavy atom. The molecule has 2 fully saturated rings. The molecule has 2 aromatic rings. The Kier molecular flexibility index (Phi) is 6.21. The summed E-state index contributed by atoms with van der Waals surface area (Å²) in [6.45, 7) is 0.780. The zero-order chi connectivity index (χ0) is 21.8. The Hall–Kier alpha value is -3.34. The summed E-state index contributed by atoms with van der Waals surface area (Å²) in [5.74, 6) is -0.311. The second-order valence-corrected chi connectivity index (χ2v) is 8.46. The van der Waals surface area contributed by atoms with Gasteiger partial charge in [-0.15, -0.1) is 0 Å². The van der Waals surface area contributed by atoms with Gasteiger partial charge in [0.25, 0.3) is 5.91 Å². The highest BCUT2D eigenvalue weighted by Crippen LogP contribution is 2.33. The van der Waals surface area contributed by atoms with Crippen molar-refractivity contribution in [2.45, 2.75) is 50.6 Å². The number of hydrogen-bond acceptors (Lipinski definition) is 4. The van der Waals surface area contributed by atoms with Gasteiger partial charge >= 0.3 is 0 Å². The average Bonchev–Trinajstić information content (AvgIpc) is 3.48. The first-order valence-electron chi connectivity index (χ1n) is 10.9. The van der Waals surface area contributed by atoms with Crippen LogP contribution in [0.1, 0.15) is 49.0 Å². The number of aromatic nitrogens is 1. The molecule has 2 aliphatic rings. The number of amides is 3. The fourth-order valence-electron chi connectivity index (χ4n) is 4.02. The van der Waals surface area contributed by atoms with Crippen LogP contribution in [0.15, 0.2) is 30.3 Å². The minimum atomic E-state index is -0.804. The summed E-state index contributed by atoms with van der Waals surface area (Å²) < 4.78 is 0. The number of rotatable bonds is 8. The van der Waals surface area contributed by atoms with E-state index in [0.29, 0.717) is 31.0 Å². The summed E-state index contributed by atoms with van der Waals surface area (Å²) in [7, 11) is 0. The summed E-state index contributed by atoms with van der Waals surface area (Å²) in [5, 5.41) is 16.0. The van der Waals surface area contributed by atoms with E-state index in [1.807, 2.05) is 24.3 Å². The van der Waals surface area contributed by atoms with Gasteiger partial charge in [0.05, 0.1) is 12.6 Å². The van der Waals surface area contributed by atoms with Crippen LogP contribution in [-0.2, 0) is 9.59 Å². The topological polar surface area (TPSA) is 118 Å². The van der Waals surface area contributed by atoms with E-state index in [2.05, 4.69) is 21.7 Å². The number of carbonyl (C=O) groups excluding carboxylic acids is 3. The molecule has 1 aromatic carbocycles. The molecule has 8 nitrogen and oxygen atoms in total. The van der Waals surface area contributed by atoms with Crippen LogP contribution >= 0.6 is 0 Å². The number of H-pyrrole nitrogens is 1. The normalized spacial score (nSPS) is 18.3. The molecule has 1 saturated heterocycles. The third-order valence-corrected chi connectivity index (χ3v) is 5.96. The van der Waals surface area contributed by atoms with Gasteiger partial charge in [0, 0.05) is 23.9 Å². The molecule has 162 valence electrons. The lowest BCUT2D eigenvalue weighted by atomic mass is 10.1. The quantitative estimate of drug-likeness (QED) is 0.605. The van der Waals surface area contributed by atoms with E-state index >= 15 is 0 Å². The van der Waals surface area contributed by atoms with Crippen LogP contribution < -0.4 is 10.6 Å². The molecule has 4 rings (SSSR count). The van der Waals surface area contributed by atoms with Crippen molar-refractivity contribution < 1.29 is 14.4 Å². The van der Waals surface area contributed by atoms with Gasteiger partial charge in [-0.3, -0.25) is 14.4 Å². The second kappa shape index (κ2) is 9.21. The number of hydrogen-bond donors (Lipinski definition) is 3. The Balaban J connectivity index is 1.41. The van der Waals surface area contributed by atoms with Gasteiger partial charge < -0.3 is 20.5 Å². The van der Waals surface area contributed by atoms with Crippen molar-refractivity contribution in [2.24, 2.45) is 5.92 Å². The summed E-state index contributed by atoms with van der Waals surface area (Å²) >= 11 is 0. The van der Waals surface area contributed by atoms with Gasteiger partial charge in [-0.2, -0.15) is 5.26 Å². The van der Waals surface area contributed by atoms with Crippen molar-refractivity contribution in [3.05, 3.63) is 36.0 Å². The molecule has 2 heterocycles. The predicted molar refractivity (Wildman–Crippen MR) is 115 cm³/mol. The van der Waals surface area contributed by atoms with E-state index < -0.39 is 12.1 Å². The van der Waals surface area contributed by atoms with Gasteiger partial charge in [0.1, 0.15) is 17.8 Å². The molecular weight excluding hydrogens is 394 g/mol. The summed E-state index contributed by atoms with van der Waals surface area (Å²) in [6.07, 6.45) is 4.87. The SMILES string of the molecule is N#C[C@H](CN1CCCCC1=O)NC(=O)[C@H](CC1CC1)NC(=O)c1cc2ccccc2[nH]1. The molecule has 0 unspecified atom stereocenters. The molecule has 2 atom stereocenters. The number of para-hydroxylation sites is 1. The third kappa shape index (κ3) is 5.23. The van der Waals surface area contributed by atoms with E-state index in [9.17, 15) is 19.6 Å². The Bertz CT molecular complexity index is 987. The first-order valence-corrected chi connectivity index (χ1v) is 10.9. The zero-order valence-corrected chi connectivity index (χ0v) is 17.4. The van der Waals surface area contributed by atoms with Gasteiger partial charge in [-0.05, 0) is 37.3 Å². The number of nitrogens with one attached hydrogen (secondary N) is 3. The number of aromatic amines is 1. The van der Waals surface area contributed by atoms with Crippen molar-refractivity contribution in [3.8, 4) is 6.07 Å². The number of likely N-dealkylation sites (tertiary alicyclic amines) is 1. The van der Waals surface area contributed by atoms with Crippen LogP contribution in [0, 0.1) is 17.2 Å². The van der Waals surface area contributed by atoms with Gasteiger partial charge in [0.2, 0.25) is 11.8 Å². The molecular formula is C23H27N5O3. The molecule has 8 heteroatoms. The lowest BCUT2D eigenvalue weighted by Gasteiger charge is -2.29. The van der Waals surface area contributed by atoms with E-state index in [1.54, 1.807) is 11.0 Å². The molecule has 0 bridgehead atoms. The molecule has 0 radical (unpaired) electrons. The van der Waals surface area contributed by atoms with Crippen molar-refractivity contribution in [3.63, 3.8) is 0 Å². The lowest BCUT2D eigenvalue weighted by Crippen LogP contribution is -2.53. The lowest BCUT2D eigenvalue weighted by molar-refractivity contribution is -0.134. The molecule has 1 saturated carbocycles. The van der Waals surface area contributed by atoms with Crippen molar-refractivity contribution in [2.75, 3.05) is 13.1 Å². The Morgan fingerprint density at radius 1 is 1.23 bits per heavy atom. The van der Waals surface area contributed by atoms with Crippen LogP contribution in [0.3, 0.4) is 0 Å². The minimum absolute atomic E-state index is 0.0161. The Morgan fingerprint density at radius 2 is 2.03 bits per heavy atom. The first-order chi connectivity index (χ1) is 15.0. The highest BCUT2D eigenvalue weighted by molar-refractivity contribution is 6.00. The molecule has 31 heavy (non-hydrogen) atoms. The third-order valence-electron chi connectivity index (χ3n) is 5.96. The minimum Gasteiger partial charge on any atom is -0.351 e. The van der Waals surface area contributed by atoms with E-state index in [4.69, 9.17) is 0 Å². The zero-order valence-electron chi connectivity index (χ0n) is 17.4.